The van der Waals surface area contributed by atoms with Crippen molar-refractivity contribution in [3.8, 4) is 22.6 Å². The molecule has 3 fully saturated rings. The Morgan fingerprint density at radius 3 is 2.04 bits per heavy atom. The number of aromatic hydroxyl groups is 1. The predicted octanol–water partition coefficient (Wildman–Crippen LogP) is -1.75. The van der Waals surface area contributed by atoms with Crippen LogP contribution in [0.4, 0.5) is 0 Å². The number of carbonyl (C=O) groups is 8. The number of benzene rings is 3. The van der Waals surface area contributed by atoms with Crippen molar-refractivity contribution in [3.05, 3.63) is 83.4 Å². The zero-order valence-corrected chi connectivity index (χ0v) is 47.1. The fourth-order valence-electron chi connectivity index (χ4n) is 10.3. The first-order valence-electron chi connectivity index (χ1n) is 27.4. The third-order valence-electron chi connectivity index (χ3n) is 14.9. The van der Waals surface area contributed by atoms with E-state index < -0.39 is 183 Å². The third kappa shape index (κ3) is 17.1. The number of aryl methyl sites for hydroxylation is 1. The standard InChI is InChI=1S/C55H74N8O20S/c1-4-5-6-7-8-9-29-10-12-30(13-11-29)31-14-16-32(17-15-31)49(73)58-36-21-34(65)24-57-53(77)45-46(70)27(2)25-63(45)55(79)43(39(68)23-41(56)69)60-52(76)44(48(72)47(71)33-18-19-38(67)40(20-33)81-84-83-82-80)61-51(75)37-22-35(66)26-62(37)54(78)42(28(3)64)59-50(36)74/h10-20,27-28,34-37,39,42-48,64-68,70-72,80H,4-9,21-26H2,1-3H3,(H2,56,69)(H,57,77)(H,58,73)(H,59,74)(H,60,76)(H,61,75). The lowest BCUT2D eigenvalue weighted by atomic mass is 9.96. The molecule has 14 unspecified atom stereocenters. The van der Waals surface area contributed by atoms with Gasteiger partial charge in [-0.25, -0.2) is 5.26 Å². The van der Waals surface area contributed by atoms with Crippen molar-refractivity contribution < 1.29 is 98.0 Å². The Morgan fingerprint density at radius 1 is 0.762 bits per heavy atom. The Kier molecular flexibility index (Phi) is 24.1. The number of aliphatic hydroxyl groups excluding tert-OH is 7. The number of phenols is 1. The molecule has 0 aliphatic carbocycles. The van der Waals surface area contributed by atoms with Crippen LogP contribution in [0.3, 0.4) is 0 Å². The van der Waals surface area contributed by atoms with Gasteiger partial charge in [-0.2, -0.15) is 0 Å². The number of primary amides is 1. The van der Waals surface area contributed by atoms with E-state index in [1.165, 1.54) is 37.5 Å². The number of nitrogens with zero attached hydrogens (tertiary/aromatic N) is 2. The molecule has 0 spiro atoms. The van der Waals surface area contributed by atoms with Crippen molar-refractivity contribution in [1.29, 1.82) is 0 Å². The second-order valence-electron chi connectivity index (χ2n) is 21.3. The van der Waals surface area contributed by atoms with E-state index in [-0.39, 0.29) is 23.5 Å². The number of fused-ring (bicyclic) bond motifs is 2. The van der Waals surface area contributed by atoms with Crippen molar-refractivity contribution in [2.45, 2.75) is 158 Å². The Labute approximate surface area is 487 Å². The summed E-state index contributed by atoms with van der Waals surface area (Å²) in [7, 11) is 0. The van der Waals surface area contributed by atoms with Gasteiger partial charge in [-0.3, -0.25) is 38.4 Å². The zero-order valence-electron chi connectivity index (χ0n) is 46.3. The molecule has 3 heterocycles. The van der Waals surface area contributed by atoms with E-state index in [0.29, 0.717) is 0 Å². The topological polar surface area (TPSA) is 439 Å². The highest BCUT2D eigenvalue weighted by Crippen LogP contribution is 2.34. The average molecular weight is 1200 g/mol. The van der Waals surface area contributed by atoms with Gasteiger partial charge in [-0.1, -0.05) is 91.4 Å². The number of phenolic OH excluding ortho intramolecular Hbond substituents is 1. The molecule has 8 amide bonds. The minimum atomic E-state index is -2.52. The second kappa shape index (κ2) is 30.7. The van der Waals surface area contributed by atoms with Gasteiger partial charge in [0.2, 0.25) is 41.4 Å². The number of hydrogen-bond donors (Lipinski definition) is 15. The van der Waals surface area contributed by atoms with Gasteiger partial charge in [0.15, 0.2) is 11.5 Å². The van der Waals surface area contributed by atoms with Crippen molar-refractivity contribution in [2.75, 3.05) is 19.6 Å². The highest BCUT2D eigenvalue weighted by molar-refractivity contribution is 7.90. The summed E-state index contributed by atoms with van der Waals surface area (Å²) >= 11 is -0.0182. The van der Waals surface area contributed by atoms with Crippen molar-refractivity contribution in [1.82, 2.24) is 36.4 Å². The zero-order chi connectivity index (χ0) is 61.5. The molecule has 0 bridgehead atoms. The molecule has 3 saturated heterocycles. The summed E-state index contributed by atoms with van der Waals surface area (Å²) in [6, 6.07) is 5.19. The Balaban J connectivity index is 1.35. The van der Waals surface area contributed by atoms with E-state index in [4.69, 9.17) is 15.2 Å². The number of carbonyl (C=O) groups excluding carboxylic acids is 8. The van der Waals surface area contributed by atoms with E-state index in [1.54, 1.807) is 12.1 Å². The fourth-order valence-corrected chi connectivity index (χ4v) is 10.5. The van der Waals surface area contributed by atoms with Crippen LogP contribution in [0.5, 0.6) is 11.5 Å². The molecule has 28 nitrogen and oxygen atoms in total. The Bertz CT molecular complexity index is 2780. The molecular formula is C55H74N8O20S. The summed E-state index contributed by atoms with van der Waals surface area (Å²) in [6.45, 7) is 2.93. The molecule has 460 valence electrons. The van der Waals surface area contributed by atoms with E-state index in [9.17, 15) is 79.2 Å². The maximum absolute atomic E-state index is 14.7. The second-order valence-corrected chi connectivity index (χ2v) is 21.7. The fraction of sp³-hybridized carbons (Fsp3) is 0.527. The normalized spacial score (nSPS) is 26.3. The summed E-state index contributed by atoms with van der Waals surface area (Å²) < 4.78 is 9.19. The first-order chi connectivity index (χ1) is 39.9. The lowest BCUT2D eigenvalue weighted by Crippen LogP contribution is -2.64. The molecule has 14 atom stereocenters. The summed E-state index contributed by atoms with van der Waals surface area (Å²) in [4.78, 5) is 115. The lowest BCUT2D eigenvalue weighted by molar-refractivity contribution is -0.433. The average Bonchev–Trinajstić information content (AvgIpc) is 4.17. The summed E-state index contributed by atoms with van der Waals surface area (Å²) in [5, 5.41) is 114. The van der Waals surface area contributed by atoms with Crippen molar-refractivity contribution >= 4 is 59.6 Å². The number of aliphatic hydroxyl groups is 7. The minimum absolute atomic E-state index is 0.0182. The van der Waals surface area contributed by atoms with E-state index >= 15 is 0 Å². The smallest absolute Gasteiger partial charge is 0.261 e. The number of rotatable bonds is 20. The van der Waals surface area contributed by atoms with Crippen LogP contribution in [-0.4, -0.2) is 196 Å². The summed E-state index contributed by atoms with van der Waals surface area (Å²) in [6.07, 6.45) is -9.27. The molecule has 3 aliphatic heterocycles. The molecule has 6 rings (SSSR count). The van der Waals surface area contributed by atoms with E-state index in [2.05, 4.69) is 42.9 Å². The minimum Gasteiger partial charge on any atom is -0.504 e. The number of hydrogen-bond acceptors (Lipinski definition) is 21. The van der Waals surface area contributed by atoms with Gasteiger partial charge in [-0.05, 0) is 66.3 Å². The predicted molar refractivity (Wildman–Crippen MR) is 295 cm³/mol. The quantitative estimate of drug-likeness (QED) is 0.0258. The van der Waals surface area contributed by atoms with Crippen LogP contribution in [0.15, 0.2) is 66.7 Å². The first kappa shape index (κ1) is 66.1. The number of β-amino-alcohol motifs (C(OH)–C–C–N with tert-alkyl or cyclic N) is 1. The molecule has 3 aromatic rings. The Morgan fingerprint density at radius 2 is 1.39 bits per heavy atom. The van der Waals surface area contributed by atoms with Gasteiger partial charge in [0.25, 0.3) is 18.2 Å². The summed E-state index contributed by atoms with van der Waals surface area (Å²) in [5.41, 5.74) is 7.92. The molecule has 16 N–H and O–H groups in total. The summed E-state index contributed by atoms with van der Waals surface area (Å²) in [5.74, 6) is -11.7. The Hall–Kier alpha value is -7.03. The molecule has 0 aromatic heterocycles. The molecule has 0 radical (unpaired) electrons. The molecular weight excluding hydrogens is 1120 g/mol. The molecule has 29 heteroatoms. The van der Waals surface area contributed by atoms with Crippen LogP contribution in [0.2, 0.25) is 0 Å². The van der Waals surface area contributed by atoms with Crippen LogP contribution >= 0.6 is 12.3 Å². The SMILES string of the molecule is CCCCCCCc1ccc(-c2ccc(C(=O)NC3CC(O)CNC(=O)C4C(O)C(C)CN4C(=O)C(C(O)CC(N)=O)NC(=O)C(C(O)C(O)c4ccc(O)c(OSOOO)c4)NC(=O)C4CC(O)CN4C(=O)C(C(C)O)NC3=O)cc2)cc1. The van der Waals surface area contributed by atoms with Crippen LogP contribution < -0.4 is 36.5 Å². The van der Waals surface area contributed by atoms with Crippen LogP contribution in [0.25, 0.3) is 11.1 Å². The van der Waals surface area contributed by atoms with Crippen LogP contribution in [0.1, 0.15) is 99.7 Å². The molecule has 84 heavy (non-hydrogen) atoms. The van der Waals surface area contributed by atoms with Crippen LogP contribution in [0, 0.1) is 5.92 Å². The van der Waals surface area contributed by atoms with Crippen LogP contribution in [-0.2, 0) is 49.4 Å². The monoisotopic (exact) mass is 1200 g/mol. The third-order valence-corrected chi connectivity index (χ3v) is 15.3. The number of nitrogens with two attached hydrogens (primary N) is 1. The molecule has 0 saturated carbocycles. The maximum Gasteiger partial charge on any atom is 0.261 e. The number of unbranched alkanes of at least 4 members (excludes halogenated alkanes) is 4. The van der Waals surface area contributed by atoms with E-state index in [0.717, 1.165) is 71.7 Å². The first-order valence-corrected chi connectivity index (χ1v) is 28.1. The van der Waals surface area contributed by atoms with Gasteiger partial charge >= 0.3 is 0 Å². The highest BCUT2D eigenvalue weighted by atomic mass is 32.2. The van der Waals surface area contributed by atoms with Gasteiger partial charge in [0.05, 0.1) is 36.9 Å². The molecule has 3 aromatic carbocycles. The van der Waals surface area contributed by atoms with Gasteiger partial charge in [0, 0.05) is 44.0 Å². The number of nitrogens with one attached hydrogen (secondary N) is 5. The van der Waals surface area contributed by atoms with E-state index in [1.807, 2.05) is 24.3 Å². The number of amides is 8. The van der Waals surface area contributed by atoms with Gasteiger partial charge < -0.3 is 87.2 Å². The van der Waals surface area contributed by atoms with Gasteiger partial charge in [0.1, 0.15) is 48.5 Å². The van der Waals surface area contributed by atoms with Crippen molar-refractivity contribution in [3.63, 3.8) is 0 Å². The maximum atomic E-state index is 14.7. The van der Waals surface area contributed by atoms with Gasteiger partial charge in [-0.15, -0.1) is 0 Å². The lowest BCUT2D eigenvalue weighted by Gasteiger charge is -2.34. The highest BCUT2D eigenvalue weighted by Gasteiger charge is 2.50. The van der Waals surface area contributed by atoms with Crippen molar-refractivity contribution in [2.24, 2.45) is 11.7 Å². The molecule has 3 aliphatic rings. The largest absolute Gasteiger partial charge is 0.504 e.